The van der Waals surface area contributed by atoms with Gasteiger partial charge in [0.05, 0.1) is 5.69 Å². The Morgan fingerprint density at radius 3 is 2.62 bits per heavy atom. The predicted molar refractivity (Wildman–Crippen MR) is 58.3 cm³/mol. The lowest BCUT2D eigenvalue weighted by atomic mass is 10.1. The van der Waals surface area contributed by atoms with Crippen molar-refractivity contribution in [2.24, 2.45) is 5.92 Å². The van der Waals surface area contributed by atoms with Gasteiger partial charge in [-0.05, 0) is 12.3 Å². The van der Waals surface area contributed by atoms with E-state index in [0.717, 1.165) is 13.0 Å². The van der Waals surface area contributed by atoms with Gasteiger partial charge in [-0.3, -0.25) is 4.79 Å². The molecule has 0 fully saturated rings. The molecule has 0 atom stereocenters. The van der Waals surface area contributed by atoms with Gasteiger partial charge < -0.3 is 11.1 Å². The van der Waals surface area contributed by atoms with Gasteiger partial charge in [0.2, 0.25) is 5.43 Å². The molecule has 0 saturated heterocycles. The van der Waals surface area contributed by atoms with E-state index in [1.165, 1.54) is 0 Å². The molecule has 1 aromatic carbocycles. The number of hydrogen-bond acceptors (Lipinski definition) is 4. The molecule has 0 unspecified atom stereocenters. The summed E-state index contributed by atoms with van der Waals surface area (Å²) < 4.78 is 0.348. The molecule has 4 heteroatoms. The lowest BCUT2D eigenvalue weighted by Crippen LogP contribution is -2.20. The smallest absolute Gasteiger partial charge is 0.223 e. The molecule has 1 rings (SSSR count). The first-order chi connectivity index (χ1) is 6.04. The van der Waals surface area contributed by atoms with E-state index in [2.05, 4.69) is 19.2 Å². The molecule has 0 aliphatic carbocycles. The Morgan fingerprint density at radius 2 is 2.15 bits per heavy atom. The Bertz CT molecular complexity index is 363. The second-order valence-corrected chi connectivity index (χ2v) is 3.96. The van der Waals surface area contributed by atoms with Gasteiger partial charge in [0.1, 0.15) is 10.2 Å². The quantitative estimate of drug-likeness (QED) is 0.723. The van der Waals surface area contributed by atoms with Gasteiger partial charge in [-0.2, -0.15) is 0 Å². The average Bonchev–Trinajstić information content (AvgIpc) is 2.10. The Labute approximate surface area is 82.6 Å². The van der Waals surface area contributed by atoms with Gasteiger partial charge in [0.25, 0.3) is 0 Å². The second kappa shape index (κ2) is 3.87. The highest BCUT2D eigenvalue weighted by molar-refractivity contribution is 7.71. The zero-order valence-electron chi connectivity index (χ0n) is 7.89. The molecule has 0 aliphatic heterocycles. The zero-order valence-corrected chi connectivity index (χ0v) is 8.70. The molecule has 0 amide bonds. The van der Waals surface area contributed by atoms with E-state index < -0.39 is 0 Å². The summed E-state index contributed by atoms with van der Waals surface area (Å²) in [6.07, 6.45) is 1.05. The van der Waals surface area contributed by atoms with Crippen molar-refractivity contribution in [3.8, 4) is 0 Å². The highest BCUT2D eigenvalue weighted by Crippen LogP contribution is 2.19. The van der Waals surface area contributed by atoms with Crippen LogP contribution in [0.5, 0.6) is 0 Å². The summed E-state index contributed by atoms with van der Waals surface area (Å²) in [6, 6.07) is 0. The number of rotatable bonds is 4. The first-order valence-electron chi connectivity index (χ1n) is 4.36. The molecule has 0 aromatic heterocycles. The SMILES string of the molecule is CC(C)CCNc1c(N)c(=O)c1=S. The minimum absolute atomic E-state index is 0.193. The summed E-state index contributed by atoms with van der Waals surface area (Å²) >= 11 is 4.83. The van der Waals surface area contributed by atoms with Crippen molar-refractivity contribution in [2.45, 2.75) is 20.3 Å². The van der Waals surface area contributed by atoms with E-state index in [9.17, 15) is 4.79 Å². The number of hydrogen-bond donors (Lipinski definition) is 2. The zero-order chi connectivity index (χ0) is 10.0. The van der Waals surface area contributed by atoms with Gasteiger partial charge >= 0.3 is 0 Å². The van der Waals surface area contributed by atoms with Crippen LogP contribution in [0.2, 0.25) is 0 Å². The van der Waals surface area contributed by atoms with Crippen LogP contribution in [0, 0.1) is 10.4 Å². The van der Waals surface area contributed by atoms with Gasteiger partial charge in [-0.25, -0.2) is 0 Å². The molecule has 0 heterocycles. The van der Waals surface area contributed by atoms with Crippen LogP contribution < -0.4 is 16.5 Å². The van der Waals surface area contributed by atoms with Gasteiger partial charge in [-0.15, -0.1) is 0 Å². The summed E-state index contributed by atoms with van der Waals surface area (Å²) in [7, 11) is 0. The standard InChI is InChI=1S/C9H14N2OS/c1-5(2)3-4-11-7-6(10)8(12)9(7)13/h5,11H,3-4,10H2,1-2H3. The van der Waals surface area contributed by atoms with Crippen LogP contribution in [-0.2, 0) is 0 Å². The Morgan fingerprint density at radius 1 is 1.54 bits per heavy atom. The molecule has 72 valence electrons. The first-order valence-corrected chi connectivity index (χ1v) is 4.77. The van der Waals surface area contributed by atoms with Gasteiger partial charge in [0.15, 0.2) is 0 Å². The summed E-state index contributed by atoms with van der Waals surface area (Å²) in [5.41, 5.74) is 6.21. The summed E-state index contributed by atoms with van der Waals surface area (Å²) in [6.45, 7) is 5.11. The van der Waals surface area contributed by atoms with Crippen molar-refractivity contribution in [1.82, 2.24) is 0 Å². The number of nitrogen functional groups attached to an aromatic ring is 1. The Hall–Kier alpha value is -0.900. The molecule has 0 bridgehead atoms. The largest absolute Gasteiger partial charge is 0.394 e. The van der Waals surface area contributed by atoms with Crippen LogP contribution in [0.4, 0.5) is 11.4 Å². The van der Waals surface area contributed by atoms with E-state index in [1.807, 2.05) is 0 Å². The fraction of sp³-hybridized carbons (Fsp3) is 0.556. The molecule has 0 saturated carbocycles. The number of nitrogens with two attached hydrogens (primary N) is 1. The number of nitrogens with one attached hydrogen (secondary N) is 1. The van der Waals surface area contributed by atoms with Crippen LogP contribution in [0.25, 0.3) is 0 Å². The maximum atomic E-state index is 10.9. The molecule has 1 aromatic rings. The fourth-order valence-electron chi connectivity index (χ4n) is 1.07. The molecule has 0 radical (unpaired) electrons. The third-order valence-corrected chi connectivity index (χ3v) is 2.36. The minimum atomic E-state index is -0.193. The highest BCUT2D eigenvalue weighted by Gasteiger charge is 2.13. The van der Waals surface area contributed by atoms with Crippen LogP contribution >= 0.6 is 12.2 Å². The normalized spacial score (nSPS) is 11.0. The van der Waals surface area contributed by atoms with Gasteiger partial charge in [0, 0.05) is 6.54 Å². The second-order valence-electron chi connectivity index (χ2n) is 3.56. The van der Waals surface area contributed by atoms with E-state index in [0.29, 0.717) is 16.1 Å². The molecule has 13 heavy (non-hydrogen) atoms. The third kappa shape index (κ3) is 2.06. The van der Waals surface area contributed by atoms with Crippen molar-refractivity contribution in [3.63, 3.8) is 0 Å². The minimum Gasteiger partial charge on any atom is -0.394 e. The van der Waals surface area contributed by atoms with E-state index in [-0.39, 0.29) is 11.1 Å². The predicted octanol–water partition coefficient (Wildman–Crippen LogP) is 1.69. The average molecular weight is 198 g/mol. The lowest BCUT2D eigenvalue weighted by Gasteiger charge is -2.12. The van der Waals surface area contributed by atoms with Crippen molar-refractivity contribution >= 4 is 23.6 Å². The van der Waals surface area contributed by atoms with Crippen molar-refractivity contribution in [2.75, 3.05) is 17.6 Å². The lowest BCUT2D eigenvalue weighted by molar-refractivity contribution is 0.607. The molecular formula is C9H14N2OS. The van der Waals surface area contributed by atoms with E-state index in [1.54, 1.807) is 0 Å². The summed E-state index contributed by atoms with van der Waals surface area (Å²) in [5.74, 6) is 0.638. The highest BCUT2D eigenvalue weighted by atomic mass is 32.1. The first kappa shape index (κ1) is 10.2. The Kier molecular flexibility index (Phi) is 3.03. The fourth-order valence-corrected chi connectivity index (χ4v) is 1.36. The third-order valence-electron chi connectivity index (χ3n) is 1.97. The van der Waals surface area contributed by atoms with Gasteiger partial charge in [-0.1, -0.05) is 26.1 Å². The maximum absolute atomic E-state index is 10.9. The maximum Gasteiger partial charge on any atom is 0.223 e. The van der Waals surface area contributed by atoms with Crippen molar-refractivity contribution in [3.05, 3.63) is 14.7 Å². The van der Waals surface area contributed by atoms with Crippen molar-refractivity contribution < 1.29 is 0 Å². The van der Waals surface area contributed by atoms with Crippen molar-refractivity contribution in [1.29, 1.82) is 0 Å². The van der Waals surface area contributed by atoms with Crippen LogP contribution in [0.3, 0.4) is 0 Å². The monoisotopic (exact) mass is 198 g/mol. The molecule has 3 N–H and O–H groups in total. The number of anilines is 2. The van der Waals surface area contributed by atoms with Crippen LogP contribution in [0.15, 0.2) is 4.79 Å². The van der Waals surface area contributed by atoms with Crippen LogP contribution in [-0.4, -0.2) is 6.54 Å². The topological polar surface area (TPSA) is 55.1 Å². The molecule has 3 nitrogen and oxygen atoms in total. The van der Waals surface area contributed by atoms with Crippen LogP contribution in [0.1, 0.15) is 20.3 Å². The molecular weight excluding hydrogens is 184 g/mol. The summed E-state index contributed by atoms with van der Waals surface area (Å²) in [4.78, 5) is 10.9. The van der Waals surface area contributed by atoms with E-state index in [4.69, 9.17) is 18.0 Å². The summed E-state index contributed by atoms with van der Waals surface area (Å²) in [5, 5.41) is 3.07. The molecule has 0 spiro atoms. The molecule has 0 aliphatic rings. The Balaban J connectivity index is 2.48. The van der Waals surface area contributed by atoms with E-state index >= 15 is 0 Å².